The summed E-state index contributed by atoms with van der Waals surface area (Å²) in [7, 11) is 0. The second-order valence-electron chi connectivity index (χ2n) is 5.89. The van der Waals surface area contributed by atoms with Crippen molar-refractivity contribution in [2.75, 3.05) is 26.2 Å². The van der Waals surface area contributed by atoms with E-state index in [0.29, 0.717) is 5.92 Å². The quantitative estimate of drug-likeness (QED) is 0.814. The number of hydrogen-bond donors (Lipinski definition) is 0. The van der Waals surface area contributed by atoms with E-state index >= 15 is 0 Å². The van der Waals surface area contributed by atoms with Crippen LogP contribution in [-0.2, 0) is 6.54 Å². The van der Waals surface area contributed by atoms with Crippen LogP contribution < -0.4 is 4.74 Å². The Hall–Kier alpha value is -1.95. The molecule has 0 bridgehead atoms. The number of ether oxygens (including phenoxy) is 1. The summed E-state index contributed by atoms with van der Waals surface area (Å²) < 4.78 is 7.77. The molecule has 1 fully saturated rings. The first-order chi connectivity index (χ1) is 10.8. The lowest BCUT2D eigenvalue weighted by molar-refractivity contribution is 0.135. The molecule has 6 nitrogen and oxygen atoms in total. The standard InChI is InChI=1S/C16H23N5O/c1-14-3-2-6-17-16(14)22-13-15-4-8-20(9-5-15)11-12-21-10-7-18-19-21/h2-3,6-7,10,15H,4-5,8-9,11-13H2,1H3. The van der Waals surface area contributed by atoms with Crippen molar-refractivity contribution < 1.29 is 4.74 Å². The molecule has 1 aliphatic heterocycles. The molecule has 1 aliphatic rings. The number of nitrogens with zero attached hydrogens (tertiary/aromatic N) is 5. The predicted octanol–water partition coefficient (Wildman–Crippen LogP) is 1.77. The highest BCUT2D eigenvalue weighted by molar-refractivity contribution is 5.23. The topological polar surface area (TPSA) is 56.1 Å². The van der Waals surface area contributed by atoms with Crippen LogP contribution >= 0.6 is 0 Å². The molecule has 118 valence electrons. The van der Waals surface area contributed by atoms with Gasteiger partial charge in [-0.15, -0.1) is 5.10 Å². The monoisotopic (exact) mass is 301 g/mol. The minimum atomic E-state index is 0.629. The second kappa shape index (κ2) is 7.35. The minimum Gasteiger partial charge on any atom is -0.477 e. The van der Waals surface area contributed by atoms with Gasteiger partial charge in [-0.05, 0) is 44.8 Å². The number of aryl methyl sites for hydroxylation is 1. The second-order valence-corrected chi connectivity index (χ2v) is 5.89. The van der Waals surface area contributed by atoms with E-state index in [9.17, 15) is 0 Å². The molecule has 0 aromatic carbocycles. The maximum atomic E-state index is 5.88. The van der Waals surface area contributed by atoms with Crippen molar-refractivity contribution in [2.45, 2.75) is 26.3 Å². The molecule has 6 heteroatoms. The molecule has 3 heterocycles. The first-order valence-corrected chi connectivity index (χ1v) is 7.92. The summed E-state index contributed by atoms with van der Waals surface area (Å²) in [5.74, 6) is 1.40. The Bertz CT molecular complexity index is 564. The number of pyridine rings is 1. The molecule has 0 saturated carbocycles. The molecule has 0 amide bonds. The predicted molar refractivity (Wildman–Crippen MR) is 83.7 cm³/mol. The third-order valence-electron chi connectivity index (χ3n) is 4.24. The lowest BCUT2D eigenvalue weighted by Gasteiger charge is -2.31. The zero-order valence-electron chi connectivity index (χ0n) is 13.1. The lowest BCUT2D eigenvalue weighted by atomic mass is 9.98. The molecular formula is C16H23N5O. The van der Waals surface area contributed by atoms with Gasteiger partial charge in [-0.2, -0.15) is 0 Å². The van der Waals surface area contributed by atoms with E-state index in [1.807, 2.05) is 29.9 Å². The molecule has 0 spiro atoms. The Balaban J connectivity index is 1.37. The zero-order valence-corrected chi connectivity index (χ0v) is 13.1. The first-order valence-electron chi connectivity index (χ1n) is 7.92. The van der Waals surface area contributed by atoms with E-state index < -0.39 is 0 Å². The fraction of sp³-hybridized carbons (Fsp3) is 0.562. The van der Waals surface area contributed by atoms with Crippen LogP contribution in [0.5, 0.6) is 5.88 Å². The van der Waals surface area contributed by atoms with Crippen LogP contribution in [0.4, 0.5) is 0 Å². The van der Waals surface area contributed by atoms with Crippen LogP contribution in [-0.4, -0.2) is 51.1 Å². The molecule has 0 radical (unpaired) electrons. The van der Waals surface area contributed by atoms with Gasteiger partial charge < -0.3 is 9.64 Å². The first kappa shape index (κ1) is 15.0. The van der Waals surface area contributed by atoms with Gasteiger partial charge in [0.2, 0.25) is 5.88 Å². The van der Waals surface area contributed by atoms with Gasteiger partial charge in [-0.25, -0.2) is 4.98 Å². The Labute approximate surface area is 131 Å². The molecule has 0 unspecified atom stereocenters. The summed E-state index contributed by atoms with van der Waals surface area (Å²) in [5.41, 5.74) is 1.10. The number of hydrogen-bond acceptors (Lipinski definition) is 5. The minimum absolute atomic E-state index is 0.629. The molecule has 22 heavy (non-hydrogen) atoms. The molecule has 0 aliphatic carbocycles. The van der Waals surface area contributed by atoms with Gasteiger partial charge in [-0.1, -0.05) is 11.3 Å². The number of rotatable bonds is 6. The average Bonchev–Trinajstić information content (AvgIpc) is 3.07. The van der Waals surface area contributed by atoms with Crippen molar-refractivity contribution in [1.82, 2.24) is 24.9 Å². The summed E-state index contributed by atoms with van der Waals surface area (Å²) in [6.07, 6.45) is 7.79. The van der Waals surface area contributed by atoms with Crippen LogP contribution in [0, 0.1) is 12.8 Å². The number of likely N-dealkylation sites (tertiary alicyclic amines) is 1. The third-order valence-corrected chi connectivity index (χ3v) is 4.24. The SMILES string of the molecule is Cc1cccnc1OCC1CCN(CCn2ccnn2)CC1. The zero-order chi connectivity index (χ0) is 15.2. The van der Waals surface area contributed by atoms with Crippen molar-refractivity contribution in [3.05, 3.63) is 36.3 Å². The van der Waals surface area contributed by atoms with Crippen molar-refractivity contribution in [3.63, 3.8) is 0 Å². The smallest absolute Gasteiger partial charge is 0.216 e. The fourth-order valence-electron chi connectivity index (χ4n) is 2.79. The van der Waals surface area contributed by atoms with Gasteiger partial charge >= 0.3 is 0 Å². The fourth-order valence-corrected chi connectivity index (χ4v) is 2.79. The molecule has 3 rings (SSSR count). The maximum Gasteiger partial charge on any atom is 0.216 e. The summed E-state index contributed by atoms with van der Waals surface area (Å²) in [6, 6.07) is 3.98. The van der Waals surface area contributed by atoms with E-state index in [2.05, 4.69) is 20.2 Å². The highest BCUT2D eigenvalue weighted by Crippen LogP contribution is 2.20. The molecular weight excluding hydrogens is 278 g/mol. The van der Waals surface area contributed by atoms with Crippen LogP contribution in [0.25, 0.3) is 0 Å². The summed E-state index contributed by atoms with van der Waals surface area (Å²) >= 11 is 0. The van der Waals surface area contributed by atoms with Crippen LogP contribution in [0.2, 0.25) is 0 Å². The third kappa shape index (κ3) is 4.04. The molecule has 0 N–H and O–H groups in total. The Morgan fingerprint density at radius 1 is 1.23 bits per heavy atom. The molecule has 2 aromatic heterocycles. The van der Waals surface area contributed by atoms with Crippen molar-refractivity contribution >= 4 is 0 Å². The van der Waals surface area contributed by atoms with E-state index in [0.717, 1.165) is 44.2 Å². The normalized spacial score (nSPS) is 16.8. The van der Waals surface area contributed by atoms with E-state index in [1.165, 1.54) is 12.8 Å². The number of aromatic nitrogens is 4. The summed E-state index contributed by atoms with van der Waals surface area (Å²) in [5, 5.41) is 7.83. The maximum absolute atomic E-state index is 5.88. The highest BCUT2D eigenvalue weighted by Gasteiger charge is 2.20. The average molecular weight is 301 g/mol. The lowest BCUT2D eigenvalue weighted by Crippen LogP contribution is -2.37. The van der Waals surface area contributed by atoms with Crippen molar-refractivity contribution in [3.8, 4) is 5.88 Å². The Kier molecular flexibility index (Phi) is 5.00. The van der Waals surface area contributed by atoms with Crippen LogP contribution in [0.15, 0.2) is 30.7 Å². The summed E-state index contributed by atoms with van der Waals surface area (Å²) in [6.45, 7) is 7.02. The van der Waals surface area contributed by atoms with Gasteiger partial charge in [0.15, 0.2) is 0 Å². The molecule has 0 atom stereocenters. The Morgan fingerprint density at radius 2 is 2.09 bits per heavy atom. The summed E-state index contributed by atoms with van der Waals surface area (Å²) in [4.78, 5) is 6.78. The van der Waals surface area contributed by atoms with Gasteiger partial charge in [0.25, 0.3) is 0 Å². The van der Waals surface area contributed by atoms with Gasteiger partial charge in [-0.3, -0.25) is 4.68 Å². The van der Waals surface area contributed by atoms with E-state index in [4.69, 9.17) is 4.74 Å². The van der Waals surface area contributed by atoms with Gasteiger partial charge in [0.1, 0.15) is 0 Å². The van der Waals surface area contributed by atoms with Gasteiger partial charge in [0.05, 0.1) is 19.3 Å². The highest BCUT2D eigenvalue weighted by atomic mass is 16.5. The van der Waals surface area contributed by atoms with Gasteiger partial charge in [0, 0.05) is 24.5 Å². The largest absolute Gasteiger partial charge is 0.477 e. The van der Waals surface area contributed by atoms with E-state index in [-0.39, 0.29) is 0 Å². The van der Waals surface area contributed by atoms with Crippen LogP contribution in [0.3, 0.4) is 0 Å². The Morgan fingerprint density at radius 3 is 2.82 bits per heavy atom. The van der Waals surface area contributed by atoms with Crippen LogP contribution in [0.1, 0.15) is 18.4 Å². The molecule has 1 saturated heterocycles. The molecule has 2 aromatic rings. The van der Waals surface area contributed by atoms with Crippen molar-refractivity contribution in [2.24, 2.45) is 5.92 Å². The van der Waals surface area contributed by atoms with Crippen molar-refractivity contribution in [1.29, 1.82) is 0 Å². The van der Waals surface area contributed by atoms with E-state index in [1.54, 1.807) is 12.4 Å². The number of piperidine rings is 1.